The van der Waals surface area contributed by atoms with E-state index in [1.165, 1.54) is 0 Å². The van der Waals surface area contributed by atoms with Gasteiger partial charge in [-0.2, -0.15) is 0 Å². The number of benzene rings is 1. The van der Waals surface area contributed by atoms with E-state index in [9.17, 15) is 9.59 Å². The first-order valence-electron chi connectivity index (χ1n) is 9.27. The van der Waals surface area contributed by atoms with Gasteiger partial charge in [0.1, 0.15) is 6.10 Å². The normalized spacial score (nSPS) is 28.3. The van der Waals surface area contributed by atoms with Gasteiger partial charge in [-0.3, -0.25) is 9.59 Å². The molecule has 2 saturated heterocycles. The van der Waals surface area contributed by atoms with Crippen molar-refractivity contribution in [2.45, 2.75) is 44.8 Å². The smallest absolute Gasteiger partial charge is 0.256 e. The lowest BCUT2D eigenvalue weighted by atomic mass is 9.97. The lowest BCUT2D eigenvalue weighted by Crippen LogP contribution is -2.53. The Morgan fingerprint density at radius 2 is 2.12 bits per heavy atom. The quantitative estimate of drug-likeness (QED) is 0.868. The van der Waals surface area contributed by atoms with Gasteiger partial charge in [-0.25, -0.2) is 5.48 Å². The maximum absolute atomic E-state index is 13.1. The summed E-state index contributed by atoms with van der Waals surface area (Å²) in [6.07, 6.45) is 1.30. The van der Waals surface area contributed by atoms with Crippen LogP contribution in [0.3, 0.4) is 0 Å². The Kier molecular flexibility index (Phi) is 4.69. The number of amides is 2. The fourth-order valence-corrected chi connectivity index (χ4v) is 4.12. The van der Waals surface area contributed by atoms with Gasteiger partial charge in [-0.05, 0) is 37.5 Å². The molecule has 1 N–H and O–H groups in total. The molecule has 0 aromatic heterocycles. The van der Waals surface area contributed by atoms with E-state index in [2.05, 4.69) is 5.48 Å². The third-order valence-electron chi connectivity index (χ3n) is 5.44. The molecule has 0 saturated carbocycles. The second kappa shape index (κ2) is 6.98. The highest BCUT2D eigenvalue weighted by Crippen LogP contribution is 2.39. The Bertz CT molecular complexity index is 711. The predicted molar refractivity (Wildman–Crippen MR) is 97.1 cm³/mol. The Morgan fingerprint density at radius 1 is 1.27 bits per heavy atom. The van der Waals surface area contributed by atoms with Crippen molar-refractivity contribution >= 4 is 23.2 Å². The number of ether oxygens (including phenoxy) is 1. The van der Waals surface area contributed by atoms with Crippen LogP contribution in [0.1, 0.15) is 38.2 Å². The van der Waals surface area contributed by atoms with Crippen molar-refractivity contribution in [1.29, 1.82) is 0 Å². The molecule has 3 atom stereocenters. The van der Waals surface area contributed by atoms with Crippen LogP contribution in [0.4, 0.5) is 11.4 Å². The molecular weight excluding hydrogens is 334 g/mol. The van der Waals surface area contributed by atoms with Crippen molar-refractivity contribution in [2.24, 2.45) is 0 Å². The Labute approximate surface area is 153 Å². The zero-order valence-electron chi connectivity index (χ0n) is 15.2. The molecule has 0 spiro atoms. The van der Waals surface area contributed by atoms with Crippen LogP contribution in [0.5, 0.6) is 0 Å². The number of carbonyl (C=O) groups is 2. The summed E-state index contributed by atoms with van der Waals surface area (Å²) in [5.74, 6) is 0.225. The molecule has 4 rings (SSSR count). The summed E-state index contributed by atoms with van der Waals surface area (Å²) in [7, 11) is 0. The van der Waals surface area contributed by atoms with Gasteiger partial charge < -0.3 is 19.4 Å². The average molecular weight is 359 g/mol. The average Bonchev–Trinajstić information content (AvgIpc) is 3.33. The van der Waals surface area contributed by atoms with Crippen LogP contribution in [-0.4, -0.2) is 50.3 Å². The summed E-state index contributed by atoms with van der Waals surface area (Å²) in [5.41, 5.74) is 5.59. The third-order valence-corrected chi connectivity index (χ3v) is 5.44. The summed E-state index contributed by atoms with van der Waals surface area (Å²) in [4.78, 5) is 34.2. The number of anilines is 2. The van der Waals surface area contributed by atoms with Gasteiger partial charge in [0.05, 0.1) is 24.0 Å². The van der Waals surface area contributed by atoms with Gasteiger partial charge in [-0.15, -0.1) is 0 Å². The molecule has 3 aliphatic rings. The molecule has 140 valence electrons. The number of nitrogens with one attached hydrogen (secondary N) is 1. The third kappa shape index (κ3) is 3.00. The highest BCUT2D eigenvalue weighted by Gasteiger charge is 2.37. The van der Waals surface area contributed by atoms with Crippen molar-refractivity contribution < 1.29 is 19.2 Å². The van der Waals surface area contributed by atoms with Gasteiger partial charge in [0.2, 0.25) is 5.91 Å². The summed E-state index contributed by atoms with van der Waals surface area (Å²) >= 11 is 0. The highest BCUT2D eigenvalue weighted by molar-refractivity contribution is 6.05. The van der Waals surface area contributed by atoms with E-state index < -0.39 is 0 Å². The van der Waals surface area contributed by atoms with Crippen LogP contribution in [0.25, 0.3) is 0 Å². The van der Waals surface area contributed by atoms with Gasteiger partial charge in [0.25, 0.3) is 5.91 Å². The maximum atomic E-state index is 13.1. The van der Waals surface area contributed by atoms with Crippen molar-refractivity contribution in [3.63, 3.8) is 0 Å². The lowest BCUT2D eigenvalue weighted by Gasteiger charge is -2.41. The van der Waals surface area contributed by atoms with E-state index >= 15 is 0 Å². The van der Waals surface area contributed by atoms with Crippen molar-refractivity contribution in [3.8, 4) is 0 Å². The summed E-state index contributed by atoms with van der Waals surface area (Å²) in [6.45, 7) is 6.01. The molecule has 2 unspecified atom stereocenters. The molecule has 0 radical (unpaired) electrons. The number of hydroxylamine groups is 1. The Hall–Kier alpha value is -1.96. The number of carbonyl (C=O) groups excluding carboxylic acids is 2. The molecule has 3 heterocycles. The van der Waals surface area contributed by atoms with Gasteiger partial charge in [0, 0.05) is 32.5 Å². The first-order valence-corrected chi connectivity index (χ1v) is 9.27. The molecule has 2 fully saturated rings. The van der Waals surface area contributed by atoms with Crippen molar-refractivity contribution in [2.75, 3.05) is 36.1 Å². The summed E-state index contributed by atoms with van der Waals surface area (Å²) in [5, 5.41) is 0. The molecule has 1 aromatic rings. The molecule has 7 heteroatoms. The monoisotopic (exact) mass is 359 g/mol. The number of rotatable bonds is 2. The van der Waals surface area contributed by atoms with Crippen LogP contribution in [0.15, 0.2) is 18.2 Å². The van der Waals surface area contributed by atoms with Crippen LogP contribution in [-0.2, 0) is 19.2 Å². The lowest BCUT2D eigenvalue weighted by molar-refractivity contribution is -0.127. The van der Waals surface area contributed by atoms with Crippen LogP contribution < -0.4 is 15.3 Å². The van der Waals surface area contributed by atoms with E-state index in [1.54, 1.807) is 11.8 Å². The van der Waals surface area contributed by atoms with Crippen LogP contribution in [0.2, 0.25) is 0 Å². The molecule has 1 aromatic carbocycles. The number of fused-ring (bicyclic) bond motifs is 1. The minimum atomic E-state index is -0.376. The molecule has 3 aliphatic heterocycles. The van der Waals surface area contributed by atoms with Crippen LogP contribution in [0, 0.1) is 0 Å². The van der Waals surface area contributed by atoms with E-state index in [4.69, 9.17) is 9.57 Å². The van der Waals surface area contributed by atoms with E-state index in [1.807, 2.05) is 30.0 Å². The topological polar surface area (TPSA) is 71.1 Å². The van der Waals surface area contributed by atoms with Gasteiger partial charge in [-0.1, -0.05) is 6.07 Å². The van der Waals surface area contributed by atoms with E-state index in [0.29, 0.717) is 19.8 Å². The summed E-state index contributed by atoms with van der Waals surface area (Å²) < 4.78 is 5.62. The molecule has 0 aliphatic carbocycles. The minimum Gasteiger partial charge on any atom is -0.368 e. The number of nitrogens with zero attached hydrogens (tertiary/aromatic N) is 2. The van der Waals surface area contributed by atoms with Gasteiger partial charge >= 0.3 is 0 Å². The molecule has 7 nitrogen and oxygen atoms in total. The maximum Gasteiger partial charge on any atom is 0.256 e. The molecule has 26 heavy (non-hydrogen) atoms. The molecule has 0 bridgehead atoms. The second-order valence-electron chi connectivity index (χ2n) is 7.29. The molecular formula is C19H25N3O4. The van der Waals surface area contributed by atoms with Crippen molar-refractivity contribution in [3.05, 3.63) is 23.8 Å². The standard InChI is InChI=1S/C19H25N3O4/c1-12-10-21(19(24)18-4-3-7-25-18)17-8-14(15-9-20-26-11-15)5-6-16(17)22(12)13(2)23/h5-6,8,12,15,18,20H,3-4,7,9-11H2,1-2H3/t12-,15?,18?/m0/s1. The fraction of sp³-hybridized carbons (Fsp3) is 0.579. The van der Waals surface area contributed by atoms with Crippen molar-refractivity contribution in [1.82, 2.24) is 5.48 Å². The Morgan fingerprint density at radius 3 is 2.77 bits per heavy atom. The zero-order chi connectivity index (χ0) is 18.3. The zero-order valence-corrected chi connectivity index (χ0v) is 15.2. The SMILES string of the molecule is CC(=O)N1c2ccc(C3CNOC3)cc2N(C(=O)C2CCCO2)C[C@@H]1C. The highest BCUT2D eigenvalue weighted by atomic mass is 16.7. The first kappa shape index (κ1) is 17.5. The molecule has 2 amide bonds. The second-order valence-corrected chi connectivity index (χ2v) is 7.29. The predicted octanol–water partition coefficient (Wildman–Crippen LogP) is 1.57. The summed E-state index contributed by atoms with van der Waals surface area (Å²) in [6, 6.07) is 5.94. The largest absolute Gasteiger partial charge is 0.368 e. The number of hydrogen-bond acceptors (Lipinski definition) is 5. The van der Waals surface area contributed by atoms with E-state index in [-0.39, 0.29) is 29.9 Å². The van der Waals surface area contributed by atoms with Gasteiger partial charge in [0.15, 0.2) is 0 Å². The van der Waals surface area contributed by atoms with Crippen LogP contribution >= 0.6 is 0 Å². The number of hydrogen-bond donors (Lipinski definition) is 1. The van der Waals surface area contributed by atoms with E-state index in [0.717, 1.165) is 36.3 Å². The fourth-order valence-electron chi connectivity index (χ4n) is 4.12. The minimum absolute atomic E-state index is 0.00301. The first-order chi connectivity index (χ1) is 12.6. The Balaban J connectivity index is 1.74.